The normalized spacial score (nSPS) is 25.3. The van der Waals surface area contributed by atoms with E-state index in [1.165, 1.54) is 0 Å². The molecule has 0 atom stereocenters. The first kappa shape index (κ1) is 5.84. The molecule has 7 heavy (non-hydrogen) atoms. The Balaban J connectivity index is 2.12. The third-order valence-corrected chi connectivity index (χ3v) is 2.13. The van der Waals surface area contributed by atoms with Crippen LogP contribution in [0.2, 0.25) is 0 Å². The van der Waals surface area contributed by atoms with Crippen LogP contribution in [0, 0.1) is 0 Å². The van der Waals surface area contributed by atoms with Crippen LogP contribution in [-0.4, -0.2) is 52.0 Å². The third-order valence-electron chi connectivity index (χ3n) is 0.987. The van der Waals surface area contributed by atoms with Gasteiger partial charge in [-0.2, -0.15) is 0 Å². The molecule has 1 saturated heterocycles. The molecule has 0 radical (unpaired) electrons. The standard InChI is InChI=1S/C4H9NOTe/c7-5-1-3-6-4-2-5/h7H,1-4H2. The molecular weight excluding hydrogens is 206 g/mol. The molecule has 0 spiro atoms. The van der Waals surface area contributed by atoms with Gasteiger partial charge in [0.2, 0.25) is 0 Å². The van der Waals surface area contributed by atoms with E-state index in [9.17, 15) is 0 Å². The maximum absolute atomic E-state index is 5.11. The molecule has 42 valence electrons. The maximum atomic E-state index is 5.11. The van der Waals surface area contributed by atoms with Gasteiger partial charge in [0.05, 0.1) is 0 Å². The van der Waals surface area contributed by atoms with Crippen molar-refractivity contribution in [3.8, 4) is 0 Å². The predicted molar refractivity (Wildman–Crippen MR) is 29.5 cm³/mol. The van der Waals surface area contributed by atoms with Crippen molar-refractivity contribution in [1.82, 2.24) is 3.15 Å². The van der Waals surface area contributed by atoms with Gasteiger partial charge in [-0.25, -0.2) is 0 Å². The zero-order chi connectivity index (χ0) is 5.11. The van der Waals surface area contributed by atoms with E-state index in [1.54, 1.807) is 22.6 Å². The van der Waals surface area contributed by atoms with Gasteiger partial charge in [-0.05, 0) is 0 Å². The van der Waals surface area contributed by atoms with Gasteiger partial charge in [0.15, 0.2) is 0 Å². The van der Waals surface area contributed by atoms with E-state index in [-0.39, 0.29) is 0 Å². The number of morpholine rings is 1. The number of nitrogens with zero attached hydrogens (tertiary/aromatic N) is 1. The molecule has 0 unspecified atom stereocenters. The summed E-state index contributed by atoms with van der Waals surface area (Å²) in [4.78, 5) is 0. The summed E-state index contributed by atoms with van der Waals surface area (Å²) < 4.78 is 7.42. The van der Waals surface area contributed by atoms with E-state index in [1.807, 2.05) is 0 Å². The Labute approximate surface area is 57.1 Å². The molecule has 0 aromatic carbocycles. The molecule has 0 saturated carbocycles. The van der Waals surface area contributed by atoms with Crippen molar-refractivity contribution < 1.29 is 4.74 Å². The van der Waals surface area contributed by atoms with E-state index >= 15 is 0 Å². The SMILES string of the molecule is [TeH]N1CCOCC1. The summed E-state index contributed by atoms with van der Waals surface area (Å²) in [6, 6.07) is 0. The molecule has 2 nitrogen and oxygen atoms in total. The van der Waals surface area contributed by atoms with Gasteiger partial charge < -0.3 is 0 Å². The number of rotatable bonds is 0. The minimum atomic E-state index is 0.926. The molecule has 1 rings (SSSR count). The second-order valence-corrected chi connectivity index (χ2v) is 3.18. The van der Waals surface area contributed by atoms with Gasteiger partial charge in [0.25, 0.3) is 0 Å². The van der Waals surface area contributed by atoms with E-state index in [0.29, 0.717) is 0 Å². The van der Waals surface area contributed by atoms with Crippen LogP contribution in [0.5, 0.6) is 0 Å². The number of ether oxygens (including phenoxy) is 1. The summed E-state index contributed by atoms with van der Waals surface area (Å²) in [5.74, 6) is 0. The second-order valence-electron chi connectivity index (χ2n) is 1.57. The topological polar surface area (TPSA) is 12.5 Å². The Hall–Kier alpha value is 0.710. The molecule has 1 aliphatic heterocycles. The van der Waals surface area contributed by atoms with Crippen molar-refractivity contribution in [3.05, 3.63) is 0 Å². The van der Waals surface area contributed by atoms with E-state index in [0.717, 1.165) is 26.3 Å². The average molecular weight is 215 g/mol. The van der Waals surface area contributed by atoms with Crippen molar-refractivity contribution in [2.24, 2.45) is 0 Å². The Bertz CT molecular complexity index is 53.7. The van der Waals surface area contributed by atoms with Crippen LogP contribution in [0.1, 0.15) is 0 Å². The molecule has 0 aliphatic carbocycles. The first-order chi connectivity index (χ1) is 3.39. The summed E-state index contributed by atoms with van der Waals surface area (Å²) in [5.41, 5.74) is 0. The Morgan fingerprint density at radius 2 is 1.86 bits per heavy atom. The first-order valence-electron chi connectivity index (χ1n) is 2.41. The summed E-state index contributed by atoms with van der Waals surface area (Å²) in [6.07, 6.45) is 0. The monoisotopic (exact) mass is 217 g/mol. The molecule has 0 N–H and O–H groups in total. The summed E-state index contributed by atoms with van der Waals surface area (Å²) in [6.45, 7) is 4.09. The zero-order valence-electron chi connectivity index (χ0n) is 4.13. The summed E-state index contributed by atoms with van der Waals surface area (Å²) in [7, 11) is 0. The van der Waals surface area contributed by atoms with Crippen LogP contribution >= 0.6 is 0 Å². The molecule has 0 aromatic rings. The van der Waals surface area contributed by atoms with Crippen LogP contribution in [-0.2, 0) is 4.74 Å². The van der Waals surface area contributed by atoms with E-state index in [4.69, 9.17) is 4.74 Å². The molecule has 1 heterocycles. The Morgan fingerprint density at radius 1 is 1.29 bits per heavy atom. The molecular formula is C4H9NOTe. The first-order valence-corrected chi connectivity index (χ1v) is 3.55. The number of hydrogen-bond acceptors (Lipinski definition) is 2. The van der Waals surface area contributed by atoms with Gasteiger partial charge >= 0.3 is 56.8 Å². The molecule has 0 amide bonds. The van der Waals surface area contributed by atoms with E-state index in [2.05, 4.69) is 3.15 Å². The Kier molecular flexibility index (Phi) is 2.41. The quantitative estimate of drug-likeness (QED) is 0.487. The molecule has 1 fully saturated rings. The van der Waals surface area contributed by atoms with Gasteiger partial charge in [-0.15, -0.1) is 0 Å². The summed E-state index contributed by atoms with van der Waals surface area (Å²) in [5, 5.41) is 0. The molecule has 0 bridgehead atoms. The molecule has 0 aromatic heterocycles. The van der Waals surface area contributed by atoms with Gasteiger partial charge in [0.1, 0.15) is 0 Å². The zero-order valence-corrected chi connectivity index (χ0v) is 6.68. The van der Waals surface area contributed by atoms with Crippen molar-refractivity contribution in [2.75, 3.05) is 26.3 Å². The molecule has 3 heteroatoms. The number of hydrogen-bond donors (Lipinski definition) is 0. The second kappa shape index (κ2) is 2.88. The van der Waals surface area contributed by atoms with Crippen LogP contribution < -0.4 is 0 Å². The van der Waals surface area contributed by atoms with Crippen molar-refractivity contribution in [2.45, 2.75) is 0 Å². The average Bonchev–Trinajstić information content (AvgIpc) is 1.69. The minimum absolute atomic E-state index is 0.926. The van der Waals surface area contributed by atoms with Crippen molar-refractivity contribution >= 4 is 22.6 Å². The van der Waals surface area contributed by atoms with Crippen LogP contribution in [0.25, 0.3) is 0 Å². The summed E-state index contributed by atoms with van der Waals surface area (Å²) >= 11 is 1.79. The van der Waals surface area contributed by atoms with Crippen LogP contribution in [0.15, 0.2) is 0 Å². The fourth-order valence-corrected chi connectivity index (χ4v) is 1.02. The third kappa shape index (κ3) is 1.96. The van der Waals surface area contributed by atoms with Crippen LogP contribution in [0.3, 0.4) is 0 Å². The predicted octanol–water partition coefficient (Wildman–Crippen LogP) is -0.866. The van der Waals surface area contributed by atoms with Crippen molar-refractivity contribution in [1.29, 1.82) is 0 Å². The molecule has 1 aliphatic rings. The fraction of sp³-hybridized carbons (Fsp3) is 1.00. The van der Waals surface area contributed by atoms with Gasteiger partial charge in [-0.3, -0.25) is 0 Å². The van der Waals surface area contributed by atoms with Crippen molar-refractivity contribution in [3.63, 3.8) is 0 Å². The fourth-order valence-electron chi connectivity index (χ4n) is 0.554. The van der Waals surface area contributed by atoms with Gasteiger partial charge in [-0.1, -0.05) is 0 Å². The van der Waals surface area contributed by atoms with Crippen LogP contribution in [0.4, 0.5) is 0 Å². The Morgan fingerprint density at radius 3 is 2.14 bits per heavy atom. The van der Waals surface area contributed by atoms with Gasteiger partial charge in [0, 0.05) is 0 Å². The van der Waals surface area contributed by atoms with E-state index < -0.39 is 0 Å².